The fourth-order valence-electron chi connectivity index (χ4n) is 1.70. The van der Waals surface area contributed by atoms with Crippen LogP contribution in [-0.4, -0.2) is 0 Å². The quantitative estimate of drug-likeness (QED) is 0.779. The first-order chi connectivity index (χ1) is 9.62. The van der Waals surface area contributed by atoms with E-state index in [4.69, 9.17) is 10.00 Å². The van der Waals surface area contributed by atoms with Gasteiger partial charge in [-0.2, -0.15) is 5.26 Å². The number of halogens is 3. The van der Waals surface area contributed by atoms with Crippen LogP contribution < -0.4 is 4.74 Å². The number of alkyl halides is 1. The molecule has 0 unspecified atom stereocenters. The van der Waals surface area contributed by atoms with Gasteiger partial charge in [0, 0.05) is 5.33 Å². The highest BCUT2D eigenvalue weighted by Crippen LogP contribution is 2.21. The largest absolute Gasteiger partial charge is 0.486 e. The molecule has 0 radical (unpaired) electrons. The minimum absolute atomic E-state index is 0.00296. The van der Waals surface area contributed by atoms with E-state index in [2.05, 4.69) is 15.9 Å². The lowest BCUT2D eigenvalue weighted by atomic mass is 10.1. The van der Waals surface area contributed by atoms with Crippen LogP contribution in [0.4, 0.5) is 8.78 Å². The van der Waals surface area contributed by atoms with Crippen molar-refractivity contribution in [1.29, 1.82) is 5.26 Å². The van der Waals surface area contributed by atoms with Crippen molar-refractivity contribution in [3.8, 4) is 11.8 Å². The van der Waals surface area contributed by atoms with Crippen molar-refractivity contribution in [2.24, 2.45) is 0 Å². The summed E-state index contributed by atoms with van der Waals surface area (Å²) in [5, 5.41) is 9.31. The first-order valence-electron chi connectivity index (χ1n) is 5.79. The van der Waals surface area contributed by atoms with Crippen molar-refractivity contribution < 1.29 is 13.5 Å². The molecule has 20 heavy (non-hydrogen) atoms. The van der Waals surface area contributed by atoms with Gasteiger partial charge in [-0.1, -0.05) is 22.0 Å². The summed E-state index contributed by atoms with van der Waals surface area (Å²) in [7, 11) is 0. The topological polar surface area (TPSA) is 33.0 Å². The number of hydrogen-bond acceptors (Lipinski definition) is 2. The van der Waals surface area contributed by atoms with E-state index in [0.29, 0.717) is 10.9 Å². The van der Waals surface area contributed by atoms with Gasteiger partial charge in [0.2, 0.25) is 0 Å². The second-order valence-corrected chi connectivity index (χ2v) is 4.71. The Bertz CT molecular complexity index is 667. The number of benzene rings is 2. The molecule has 0 aromatic heterocycles. The fraction of sp³-hybridized carbons (Fsp3) is 0.133. The summed E-state index contributed by atoms with van der Waals surface area (Å²) in [6, 6.07) is 10.4. The van der Waals surface area contributed by atoms with Gasteiger partial charge >= 0.3 is 0 Å². The van der Waals surface area contributed by atoms with Gasteiger partial charge in [-0.3, -0.25) is 0 Å². The molecule has 0 bridgehead atoms. The van der Waals surface area contributed by atoms with Crippen LogP contribution in [-0.2, 0) is 11.9 Å². The molecule has 2 rings (SSSR count). The van der Waals surface area contributed by atoms with Crippen LogP contribution in [0.5, 0.6) is 5.75 Å². The Morgan fingerprint density at radius 3 is 2.55 bits per heavy atom. The van der Waals surface area contributed by atoms with Crippen LogP contribution in [0.15, 0.2) is 36.4 Å². The van der Waals surface area contributed by atoms with E-state index in [-0.39, 0.29) is 17.9 Å². The van der Waals surface area contributed by atoms with Gasteiger partial charge in [-0.25, -0.2) is 8.78 Å². The number of nitriles is 1. The van der Waals surface area contributed by atoms with Gasteiger partial charge in [0.05, 0.1) is 11.6 Å². The van der Waals surface area contributed by atoms with Crippen molar-refractivity contribution in [3.05, 3.63) is 64.7 Å². The third kappa shape index (κ3) is 3.55. The Morgan fingerprint density at radius 1 is 1.10 bits per heavy atom. The maximum absolute atomic E-state index is 13.7. The molecule has 2 aromatic carbocycles. The summed E-state index contributed by atoms with van der Waals surface area (Å²) < 4.78 is 32.2. The SMILES string of the molecule is N#Cc1cc(F)cc(COc2ccc(CBr)cc2F)c1. The molecule has 0 saturated carbocycles. The van der Waals surface area contributed by atoms with Crippen LogP contribution >= 0.6 is 15.9 Å². The third-order valence-corrected chi connectivity index (χ3v) is 3.28. The Kier molecular flexibility index (Phi) is 4.70. The Morgan fingerprint density at radius 2 is 1.90 bits per heavy atom. The zero-order valence-electron chi connectivity index (χ0n) is 10.4. The lowest BCUT2D eigenvalue weighted by molar-refractivity contribution is 0.289. The van der Waals surface area contributed by atoms with Crippen LogP contribution in [0.1, 0.15) is 16.7 Å². The predicted molar refractivity (Wildman–Crippen MR) is 74.5 cm³/mol. The zero-order valence-corrected chi connectivity index (χ0v) is 12.0. The van der Waals surface area contributed by atoms with Gasteiger partial charge < -0.3 is 4.74 Å². The molecule has 0 fully saturated rings. The van der Waals surface area contributed by atoms with Crippen LogP contribution in [0.25, 0.3) is 0 Å². The summed E-state index contributed by atoms with van der Waals surface area (Å²) in [4.78, 5) is 0. The van der Waals surface area contributed by atoms with Gasteiger partial charge in [0.15, 0.2) is 11.6 Å². The molecular formula is C15H10BrF2NO. The normalized spacial score (nSPS) is 10.1. The zero-order chi connectivity index (χ0) is 14.5. The molecular weight excluding hydrogens is 328 g/mol. The molecule has 0 aliphatic rings. The highest BCUT2D eigenvalue weighted by molar-refractivity contribution is 9.08. The highest BCUT2D eigenvalue weighted by atomic mass is 79.9. The summed E-state index contributed by atoms with van der Waals surface area (Å²) >= 11 is 3.24. The number of ether oxygens (including phenoxy) is 1. The maximum Gasteiger partial charge on any atom is 0.165 e. The van der Waals surface area contributed by atoms with Gasteiger partial charge in [-0.15, -0.1) is 0 Å². The average Bonchev–Trinajstić information content (AvgIpc) is 2.45. The van der Waals surface area contributed by atoms with Crippen LogP contribution in [0.3, 0.4) is 0 Å². The number of nitrogens with zero attached hydrogens (tertiary/aromatic N) is 1. The highest BCUT2D eigenvalue weighted by Gasteiger charge is 2.06. The molecule has 2 aromatic rings. The lowest BCUT2D eigenvalue weighted by Crippen LogP contribution is -1.99. The standard InChI is InChI=1S/C15H10BrF2NO/c16-7-10-1-2-15(14(18)6-10)20-9-12-3-11(8-19)4-13(17)5-12/h1-6H,7,9H2. The molecule has 0 heterocycles. The molecule has 0 N–H and O–H groups in total. The fourth-order valence-corrected chi connectivity index (χ4v) is 2.05. The Hall–Kier alpha value is -1.93. The second kappa shape index (κ2) is 6.49. The molecule has 2 nitrogen and oxygen atoms in total. The second-order valence-electron chi connectivity index (χ2n) is 4.15. The lowest BCUT2D eigenvalue weighted by Gasteiger charge is -2.08. The van der Waals surface area contributed by atoms with Crippen molar-refractivity contribution in [2.75, 3.05) is 0 Å². The molecule has 0 amide bonds. The maximum atomic E-state index is 13.7. The molecule has 0 saturated heterocycles. The van der Waals surface area contributed by atoms with Crippen molar-refractivity contribution >= 4 is 15.9 Å². The summed E-state index contributed by atoms with van der Waals surface area (Å²) in [6.07, 6.45) is 0. The molecule has 0 aliphatic carbocycles. The van der Waals surface area contributed by atoms with E-state index >= 15 is 0 Å². The number of hydrogen-bond donors (Lipinski definition) is 0. The van der Waals surface area contributed by atoms with Crippen LogP contribution in [0.2, 0.25) is 0 Å². The Labute approximate surface area is 123 Å². The minimum atomic E-state index is -0.516. The van der Waals surface area contributed by atoms with Gasteiger partial charge in [0.25, 0.3) is 0 Å². The van der Waals surface area contributed by atoms with E-state index in [1.54, 1.807) is 6.07 Å². The smallest absolute Gasteiger partial charge is 0.165 e. The molecule has 0 spiro atoms. The van der Waals surface area contributed by atoms with Crippen LogP contribution in [0, 0.1) is 23.0 Å². The van der Waals surface area contributed by atoms with E-state index in [9.17, 15) is 8.78 Å². The van der Waals surface area contributed by atoms with E-state index in [0.717, 1.165) is 11.6 Å². The minimum Gasteiger partial charge on any atom is -0.486 e. The summed E-state index contributed by atoms with van der Waals surface area (Å²) in [6.45, 7) is -0.00296. The van der Waals surface area contributed by atoms with Crippen molar-refractivity contribution in [3.63, 3.8) is 0 Å². The first kappa shape index (κ1) is 14.5. The average molecular weight is 338 g/mol. The third-order valence-electron chi connectivity index (χ3n) is 2.63. The van der Waals surface area contributed by atoms with E-state index in [1.165, 1.54) is 24.3 Å². The molecule has 102 valence electrons. The Balaban J connectivity index is 2.13. The van der Waals surface area contributed by atoms with Crippen molar-refractivity contribution in [2.45, 2.75) is 11.9 Å². The molecule has 0 aliphatic heterocycles. The van der Waals surface area contributed by atoms with E-state index in [1.807, 2.05) is 6.07 Å². The number of rotatable bonds is 4. The monoisotopic (exact) mass is 337 g/mol. The molecule has 0 atom stereocenters. The van der Waals surface area contributed by atoms with E-state index < -0.39 is 11.6 Å². The first-order valence-corrected chi connectivity index (χ1v) is 6.91. The molecule has 5 heteroatoms. The van der Waals surface area contributed by atoms with Gasteiger partial charge in [0.1, 0.15) is 12.4 Å². The van der Waals surface area contributed by atoms with Gasteiger partial charge in [-0.05, 0) is 41.5 Å². The van der Waals surface area contributed by atoms with Crippen molar-refractivity contribution in [1.82, 2.24) is 0 Å². The summed E-state index contributed by atoms with van der Waals surface area (Å²) in [5.41, 5.74) is 1.48. The predicted octanol–water partition coefficient (Wildman–Crippen LogP) is 4.31. The summed E-state index contributed by atoms with van der Waals surface area (Å²) in [5.74, 6) is -0.894.